The third-order valence-corrected chi connectivity index (χ3v) is 3.69. The van der Waals surface area contributed by atoms with Crippen molar-refractivity contribution in [2.24, 2.45) is 5.10 Å². The largest absolute Gasteiger partial charge is 0.493 e. The Morgan fingerprint density at radius 1 is 1.11 bits per heavy atom. The molecule has 2 aromatic rings. The lowest BCUT2D eigenvalue weighted by atomic mass is 10.2. The van der Waals surface area contributed by atoms with Crippen LogP contribution in [0.3, 0.4) is 0 Å². The summed E-state index contributed by atoms with van der Waals surface area (Å²) in [6.07, 6.45) is 2.35. The number of ether oxygens (including phenoxy) is 3. The third-order valence-electron chi connectivity index (χ3n) is 3.69. The van der Waals surface area contributed by atoms with Gasteiger partial charge in [0, 0.05) is 17.7 Å². The van der Waals surface area contributed by atoms with E-state index in [4.69, 9.17) is 14.2 Å². The second-order valence-electron chi connectivity index (χ2n) is 5.61. The Bertz CT molecular complexity index is 808. The van der Waals surface area contributed by atoms with Gasteiger partial charge in [-0.25, -0.2) is 0 Å². The van der Waals surface area contributed by atoms with Gasteiger partial charge in [-0.15, -0.1) is 0 Å². The molecule has 0 heterocycles. The molecule has 0 radical (unpaired) electrons. The number of non-ortho nitro benzene ring substituents is 1. The van der Waals surface area contributed by atoms with Crippen molar-refractivity contribution in [1.29, 1.82) is 0 Å². The van der Waals surface area contributed by atoms with Crippen molar-refractivity contribution in [1.82, 2.24) is 5.43 Å². The van der Waals surface area contributed by atoms with Crippen LogP contribution < -0.4 is 19.6 Å². The second-order valence-corrected chi connectivity index (χ2v) is 5.61. The molecule has 0 saturated carbocycles. The smallest absolute Gasteiger partial charge is 0.270 e. The van der Waals surface area contributed by atoms with Crippen LogP contribution in [0.25, 0.3) is 0 Å². The lowest BCUT2D eigenvalue weighted by Crippen LogP contribution is -2.07. The van der Waals surface area contributed by atoms with Crippen molar-refractivity contribution in [2.45, 2.75) is 19.9 Å². The number of nitrogens with zero attached hydrogens (tertiary/aromatic N) is 2. The zero-order valence-electron chi connectivity index (χ0n) is 15.6. The molecule has 0 fully saturated rings. The fourth-order valence-corrected chi connectivity index (χ4v) is 2.34. The highest BCUT2D eigenvalue weighted by Gasteiger charge is 2.10. The van der Waals surface area contributed by atoms with Gasteiger partial charge in [0.25, 0.3) is 5.69 Å². The summed E-state index contributed by atoms with van der Waals surface area (Å²) < 4.78 is 16.1. The van der Waals surface area contributed by atoms with E-state index in [0.717, 1.165) is 12.0 Å². The molecule has 0 aliphatic carbocycles. The Kier molecular flexibility index (Phi) is 7.42. The van der Waals surface area contributed by atoms with Crippen molar-refractivity contribution < 1.29 is 19.1 Å². The number of benzene rings is 2. The van der Waals surface area contributed by atoms with Crippen molar-refractivity contribution in [3.63, 3.8) is 0 Å². The second kappa shape index (κ2) is 10.0. The van der Waals surface area contributed by atoms with Crippen LogP contribution in [0.5, 0.6) is 17.2 Å². The summed E-state index contributed by atoms with van der Waals surface area (Å²) in [5.74, 6) is 1.84. The minimum Gasteiger partial charge on any atom is -0.493 e. The fraction of sp³-hybridized carbons (Fsp3) is 0.316. The van der Waals surface area contributed by atoms with Gasteiger partial charge in [0.2, 0.25) is 0 Å². The average Bonchev–Trinajstić information content (AvgIpc) is 2.69. The van der Waals surface area contributed by atoms with E-state index in [0.29, 0.717) is 36.0 Å². The van der Waals surface area contributed by atoms with Gasteiger partial charge in [-0.05, 0) is 30.2 Å². The van der Waals surface area contributed by atoms with Crippen LogP contribution in [-0.2, 0) is 6.54 Å². The normalized spacial score (nSPS) is 10.6. The maximum absolute atomic E-state index is 11.0. The van der Waals surface area contributed by atoms with E-state index < -0.39 is 4.92 Å². The molecule has 0 amide bonds. The Hall–Kier alpha value is -3.29. The zero-order valence-corrected chi connectivity index (χ0v) is 15.6. The summed E-state index contributed by atoms with van der Waals surface area (Å²) in [6.45, 7) is 2.97. The lowest BCUT2D eigenvalue weighted by Gasteiger charge is -2.09. The molecule has 0 bridgehead atoms. The van der Waals surface area contributed by atoms with Gasteiger partial charge in [-0.1, -0.05) is 13.0 Å². The van der Waals surface area contributed by atoms with E-state index in [1.807, 2.05) is 25.1 Å². The Labute approximate surface area is 157 Å². The minimum atomic E-state index is -0.446. The number of nitro groups is 1. The van der Waals surface area contributed by atoms with E-state index in [9.17, 15) is 10.1 Å². The minimum absolute atomic E-state index is 0.0137. The van der Waals surface area contributed by atoms with Crippen molar-refractivity contribution in [3.05, 3.63) is 57.6 Å². The van der Waals surface area contributed by atoms with Gasteiger partial charge in [0.15, 0.2) is 11.5 Å². The van der Waals surface area contributed by atoms with E-state index in [-0.39, 0.29) is 5.69 Å². The number of rotatable bonds is 10. The van der Waals surface area contributed by atoms with Crippen LogP contribution in [0, 0.1) is 10.1 Å². The van der Waals surface area contributed by atoms with Crippen molar-refractivity contribution >= 4 is 11.9 Å². The monoisotopic (exact) mass is 373 g/mol. The summed E-state index contributed by atoms with van der Waals surface area (Å²) in [4.78, 5) is 10.5. The number of nitrogens with one attached hydrogen (secondary N) is 1. The summed E-state index contributed by atoms with van der Waals surface area (Å²) in [5, 5.41) is 15.1. The molecular formula is C19H23N3O5. The van der Waals surface area contributed by atoms with E-state index in [1.54, 1.807) is 20.3 Å². The lowest BCUT2D eigenvalue weighted by molar-refractivity contribution is -0.384. The van der Waals surface area contributed by atoms with Crippen LogP contribution in [0.2, 0.25) is 0 Å². The van der Waals surface area contributed by atoms with Gasteiger partial charge in [-0.2, -0.15) is 5.10 Å². The standard InChI is InChI=1S/C19H23N3O5/c1-4-9-27-17-8-6-16(22(23)24)11-15(17)13-21-20-12-14-5-7-18(25-2)19(10-14)26-3/h5-8,10-11,13,20H,4,9,12H2,1-3H3/b21-13+. The number of hydrogen-bond acceptors (Lipinski definition) is 7. The molecule has 144 valence electrons. The van der Waals surface area contributed by atoms with Crippen LogP contribution in [0.15, 0.2) is 41.5 Å². The first-order valence-corrected chi connectivity index (χ1v) is 8.47. The molecule has 0 saturated heterocycles. The highest BCUT2D eigenvalue weighted by atomic mass is 16.6. The summed E-state index contributed by atoms with van der Waals surface area (Å²) in [6, 6.07) is 10.0. The van der Waals surface area contributed by atoms with Crippen LogP contribution in [-0.4, -0.2) is 32.0 Å². The number of hydrogen-bond donors (Lipinski definition) is 1. The summed E-state index contributed by atoms with van der Waals surface area (Å²) in [7, 11) is 3.16. The predicted octanol–water partition coefficient (Wildman–Crippen LogP) is 3.52. The Morgan fingerprint density at radius 2 is 1.85 bits per heavy atom. The molecule has 0 aliphatic rings. The van der Waals surface area contributed by atoms with Gasteiger partial charge < -0.3 is 19.6 Å². The van der Waals surface area contributed by atoms with E-state index in [1.165, 1.54) is 18.3 Å². The maximum atomic E-state index is 11.0. The van der Waals surface area contributed by atoms with Gasteiger partial charge in [0.1, 0.15) is 5.75 Å². The summed E-state index contributed by atoms with van der Waals surface area (Å²) >= 11 is 0. The van der Waals surface area contributed by atoms with Gasteiger partial charge in [-0.3, -0.25) is 10.1 Å². The van der Waals surface area contributed by atoms with E-state index >= 15 is 0 Å². The third kappa shape index (κ3) is 5.60. The maximum Gasteiger partial charge on any atom is 0.270 e. The molecule has 0 aromatic heterocycles. The number of hydrazone groups is 1. The predicted molar refractivity (Wildman–Crippen MR) is 103 cm³/mol. The first kappa shape index (κ1) is 20.0. The molecule has 0 aliphatic heterocycles. The molecule has 2 rings (SSSR count). The quantitative estimate of drug-likeness (QED) is 0.389. The van der Waals surface area contributed by atoms with Crippen LogP contribution in [0.4, 0.5) is 5.69 Å². The van der Waals surface area contributed by atoms with Gasteiger partial charge in [0.05, 0.1) is 38.5 Å². The molecule has 0 atom stereocenters. The molecule has 8 nitrogen and oxygen atoms in total. The summed E-state index contributed by atoms with van der Waals surface area (Å²) in [5.41, 5.74) is 4.39. The first-order chi connectivity index (χ1) is 13.1. The molecule has 2 aromatic carbocycles. The van der Waals surface area contributed by atoms with E-state index in [2.05, 4.69) is 10.5 Å². The van der Waals surface area contributed by atoms with Crippen LogP contribution >= 0.6 is 0 Å². The fourth-order valence-electron chi connectivity index (χ4n) is 2.34. The van der Waals surface area contributed by atoms with Crippen LogP contribution in [0.1, 0.15) is 24.5 Å². The highest BCUT2D eigenvalue weighted by molar-refractivity contribution is 5.84. The highest BCUT2D eigenvalue weighted by Crippen LogP contribution is 2.27. The molecule has 0 spiro atoms. The van der Waals surface area contributed by atoms with Gasteiger partial charge >= 0.3 is 0 Å². The molecule has 0 unspecified atom stereocenters. The molecule has 27 heavy (non-hydrogen) atoms. The first-order valence-electron chi connectivity index (χ1n) is 8.47. The Balaban J connectivity index is 2.08. The zero-order chi connectivity index (χ0) is 19.6. The average molecular weight is 373 g/mol. The molecular weight excluding hydrogens is 350 g/mol. The molecule has 1 N–H and O–H groups in total. The SMILES string of the molecule is CCCOc1ccc([N+](=O)[O-])cc1/C=N/NCc1ccc(OC)c(OC)c1. The van der Waals surface area contributed by atoms with Crippen molar-refractivity contribution in [3.8, 4) is 17.2 Å². The topological polar surface area (TPSA) is 95.2 Å². The Morgan fingerprint density at radius 3 is 2.52 bits per heavy atom. The molecule has 8 heteroatoms. The number of nitro benzene ring substituents is 1. The van der Waals surface area contributed by atoms with Crippen molar-refractivity contribution in [2.75, 3.05) is 20.8 Å². The number of methoxy groups -OCH3 is 2.